The predicted molar refractivity (Wildman–Crippen MR) is 96.1 cm³/mol. The zero-order chi connectivity index (χ0) is 18.0. The molecule has 1 aliphatic rings. The van der Waals surface area contributed by atoms with E-state index in [4.69, 9.17) is 4.74 Å². The van der Waals surface area contributed by atoms with Gasteiger partial charge in [-0.2, -0.15) is 5.26 Å². The van der Waals surface area contributed by atoms with Crippen molar-refractivity contribution in [3.05, 3.63) is 44.7 Å². The molecule has 0 spiro atoms. The van der Waals surface area contributed by atoms with Gasteiger partial charge in [-0.3, -0.25) is 9.59 Å². The van der Waals surface area contributed by atoms with Crippen LogP contribution < -0.4 is 15.6 Å². The lowest BCUT2D eigenvalue weighted by atomic mass is 9.89. The lowest BCUT2D eigenvalue weighted by Crippen LogP contribution is -2.27. The summed E-state index contributed by atoms with van der Waals surface area (Å²) in [4.78, 5) is 25.7. The number of hydrogen-bond acceptors (Lipinski definition) is 5. The number of carbonyl (C=O) groups is 1. The lowest BCUT2D eigenvalue weighted by Gasteiger charge is -2.17. The molecule has 2 heterocycles. The third kappa shape index (κ3) is 3.44. The standard InChI is InChI=1S/C18H19N3O3S/c1-11-5-6-12-13(9-19)17(25-15(12)8-11)20-16(22)10-21-7-3-4-14(24-2)18(21)23/h3-4,7,11H,5-6,8,10H2,1-2H3,(H,20,22). The van der Waals surface area contributed by atoms with Gasteiger partial charge in [-0.1, -0.05) is 6.92 Å². The number of fused-ring (bicyclic) bond motifs is 1. The van der Waals surface area contributed by atoms with Crippen LogP contribution in [0, 0.1) is 17.2 Å². The van der Waals surface area contributed by atoms with Gasteiger partial charge >= 0.3 is 0 Å². The first-order chi connectivity index (χ1) is 12.0. The summed E-state index contributed by atoms with van der Waals surface area (Å²) >= 11 is 1.47. The summed E-state index contributed by atoms with van der Waals surface area (Å²) in [7, 11) is 1.41. The van der Waals surface area contributed by atoms with Crippen LogP contribution >= 0.6 is 11.3 Å². The van der Waals surface area contributed by atoms with Crippen LogP contribution in [-0.4, -0.2) is 17.6 Å². The number of thiophene rings is 1. The molecule has 0 aliphatic heterocycles. The van der Waals surface area contributed by atoms with Crippen molar-refractivity contribution in [3.63, 3.8) is 0 Å². The molecule has 0 fully saturated rings. The monoisotopic (exact) mass is 357 g/mol. The highest BCUT2D eigenvalue weighted by molar-refractivity contribution is 7.16. The van der Waals surface area contributed by atoms with Gasteiger partial charge in [0, 0.05) is 11.1 Å². The van der Waals surface area contributed by atoms with Crippen LogP contribution in [0.5, 0.6) is 5.75 Å². The van der Waals surface area contributed by atoms with Gasteiger partial charge in [0.25, 0.3) is 5.56 Å². The van der Waals surface area contributed by atoms with Crippen LogP contribution in [0.4, 0.5) is 5.00 Å². The normalized spacial score (nSPS) is 16.0. The van der Waals surface area contributed by atoms with E-state index in [1.807, 2.05) is 0 Å². The minimum Gasteiger partial charge on any atom is -0.491 e. The van der Waals surface area contributed by atoms with E-state index in [0.29, 0.717) is 16.5 Å². The van der Waals surface area contributed by atoms with Gasteiger partial charge in [0.2, 0.25) is 5.91 Å². The van der Waals surface area contributed by atoms with Gasteiger partial charge in [-0.15, -0.1) is 11.3 Å². The summed E-state index contributed by atoms with van der Waals surface area (Å²) in [5.74, 6) is 0.448. The molecule has 1 amide bonds. The molecule has 3 rings (SSSR count). The number of pyridine rings is 1. The van der Waals surface area contributed by atoms with Gasteiger partial charge in [-0.25, -0.2) is 0 Å². The molecular weight excluding hydrogens is 338 g/mol. The first kappa shape index (κ1) is 17.2. The molecule has 25 heavy (non-hydrogen) atoms. The average Bonchev–Trinajstić information content (AvgIpc) is 2.92. The number of nitrogens with one attached hydrogen (secondary N) is 1. The Kier molecular flexibility index (Phi) is 4.91. The van der Waals surface area contributed by atoms with E-state index in [0.717, 1.165) is 24.8 Å². The van der Waals surface area contributed by atoms with Gasteiger partial charge in [0.15, 0.2) is 5.75 Å². The summed E-state index contributed by atoms with van der Waals surface area (Å²) in [6.07, 6.45) is 4.42. The van der Waals surface area contributed by atoms with E-state index in [9.17, 15) is 14.9 Å². The van der Waals surface area contributed by atoms with Crippen molar-refractivity contribution in [1.82, 2.24) is 4.57 Å². The van der Waals surface area contributed by atoms with Gasteiger partial charge in [0.1, 0.15) is 17.6 Å². The smallest absolute Gasteiger partial charge is 0.293 e. The number of rotatable bonds is 4. The molecule has 2 aromatic rings. The Bertz CT molecular complexity index is 907. The second kappa shape index (κ2) is 7.11. The number of carbonyl (C=O) groups excluding carboxylic acids is 1. The van der Waals surface area contributed by atoms with Gasteiger partial charge < -0.3 is 14.6 Å². The van der Waals surface area contributed by atoms with Crippen LogP contribution in [0.3, 0.4) is 0 Å². The molecule has 1 aliphatic carbocycles. The largest absolute Gasteiger partial charge is 0.491 e. The number of nitriles is 1. The zero-order valence-electron chi connectivity index (χ0n) is 14.2. The highest BCUT2D eigenvalue weighted by atomic mass is 32.1. The van der Waals surface area contributed by atoms with Crippen molar-refractivity contribution >= 4 is 22.2 Å². The number of amides is 1. The van der Waals surface area contributed by atoms with Crippen molar-refractivity contribution in [3.8, 4) is 11.8 Å². The Hall–Kier alpha value is -2.59. The summed E-state index contributed by atoms with van der Waals surface area (Å²) in [6, 6.07) is 5.43. The van der Waals surface area contributed by atoms with Crippen molar-refractivity contribution in [2.24, 2.45) is 5.92 Å². The van der Waals surface area contributed by atoms with Crippen molar-refractivity contribution < 1.29 is 9.53 Å². The molecule has 7 heteroatoms. The molecule has 0 radical (unpaired) electrons. The molecule has 1 unspecified atom stereocenters. The first-order valence-electron chi connectivity index (χ1n) is 8.11. The summed E-state index contributed by atoms with van der Waals surface area (Å²) < 4.78 is 6.27. The van der Waals surface area contributed by atoms with E-state index >= 15 is 0 Å². The SMILES string of the molecule is COc1cccn(CC(=O)Nc2sc3c(c2C#N)CCC(C)C3)c1=O. The fourth-order valence-electron chi connectivity index (χ4n) is 3.07. The first-order valence-corrected chi connectivity index (χ1v) is 8.93. The van der Waals surface area contributed by atoms with Gasteiger partial charge in [-0.05, 0) is 42.9 Å². The van der Waals surface area contributed by atoms with Crippen molar-refractivity contribution in [1.29, 1.82) is 5.26 Å². The third-order valence-electron chi connectivity index (χ3n) is 4.40. The third-order valence-corrected chi connectivity index (χ3v) is 5.57. The van der Waals surface area contributed by atoms with E-state index < -0.39 is 0 Å². The predicted octanol–water partition coefficient (Wildman–Crippen LogP) is 2.55. The molecule has 0 bridgehead atoms. The minimum atomic E-state index is -0.361. The van der Waals surface area contributed by atoms with Crippen molar-refractivity contribution in [2.75, 3.05) is 12.4 Å². The summed E-state index contributed by atoms with van der Waals surface area (Å²) in [6.45, 7) is 2.07. The molecule has 1 atom stereocenters. The molecule has 0 saturated heterocycles. The van der Waals surface area contributed by atoms with E-state index in [1.165, 1.54) is 34.1 Å². The highest BCUT2D eigenvalue weighted by Crippen LogP contribution is 2.39. The van der Waals surface area contributed by atoms with Crippen molar-refractivity contribution in [2.45, 2.75) is 32.7 Å². The quantitative estimate of drug-likeness (QED) is 0.911. The maximum absolute atomic E-state index is 12.4. The number of aromatic nitrogens is 1. The fourth-order valence-corrected chi connectivity index (χ4v) is 4.45. The van der Waals surface area contributed by atoms with Gasteiger partial charge in [0.05, 0.1) is 12.7 Å². The Morgan fingerprint density at radius 3 is 3.08 bits per heavy atom. The summed E-state index contributed by atoms with van der Waals surface area (Å²) in [5.41, 5.74) is 1.28. The van der Waals surface area contributed by atoms with E-state index in [2.05, 4.69) is 18.3 Å². The number of anilines is 1. The molecule has 1 N–H and O–H groups in total. The number of hydrogen-bond donors (Lipinski definition) is 1. The van der Waals surface area contributed by atoms with E-state index in [-0.39, 0.29) is 23.8 Å². The topological polar surface area (TPSA) is 84.1 Å². The molecule has 0 saturated carbocycles. The Morgan fingerprint density at radius 2 is 2.36 bits per heavy atom. The Labute approximate surface area is 149 Å². The molecule has 130 valence electrons. The summed E-state index contributed by atoms with van der Waals surface area (Å²) in [5, 5.41) is 12.9. The number of nitrogens with zero attached hydrogens (tertiary/aromatic N) is 2. The van der Waals surface area contributed by atoms with Crippen LogP contribution in [0.2, 0.25) is 0 Å². The van der Waals surface area contributed by atoms with Crippen LogP contribution in [0.1, 0.15) is 29.3 Å². The number of methoxy groups -OCH3 is 1. The fraction of sp³-hybridized carbons (Fsp3) is 0.389. The maximum Gasteiger partial charge on any atom is 0.293 e. The second-order valence-corrected chi connectivity index (χ2v) is 7.33. The minimum absolute atomic E-state index is 0.125. The molecule has 6 nitrogen and oxygen atoms in total. The number of ether oxygens (including phenoxy) is 1. The Morgan fingerprint density at radius 1 is 1.56 bits per heavy atom. The Balaban J connectivity index is 1.80. The molecule has 0 aromatic carbocycles. The average molecular weight is 357 g/mol. The van der Waals surface area contributed by atoms with Crippen LogP contribution in [0.25, 0.3) is 0 Å². The second-order valence-electron chi connectivity index (χ2n) is 6.23. The molecular formula is C18H19N3O3S. The highest BCUT2D eigenvalue weighted by Gasteiger charge is 2.24. The lowest BCUT2D eigenvalue weighted by molar-refractivity contribution is -0.116. The zero-order valence-corrected chi connectivity index (χ0v) is 15.0. The molecule has 2 aromatic heterocycles. The van der Waals surface area contributed by atoms with Crippen LogP contribution in [-0.2, 0) is 24.2 Å². The van der Waals surface area contributed by atoms with Crippen LogP contribution in [0.15, 0.2) is 23.1 Å². The van der Waals surface area contributed by atoms with E-state index in [1.54, 1.807) is 12.1 Å². The maximum atomic E-state index is 12.4.